The minimum absolute atomic E-state index is 0.0920. The number of carbonyl (C=O) groups excluding carboxylic acids is 3. The Labute approximate surface area is 229 Å². The van der Waals surface area contributed by atoms with Crippen LogP contribution in [0.3, 0.4) is 0 Å². The van der Waals surface area contributed by atoms with Gasteiger partial charge in [0.05, 0.1) is 23.9 Å². The number of aliphatic hydroxyl groups excluding tert-OH is 2. The molecule has 4 rings (SSSR count). The van der Waals surface area contributed by atoms with E-state index in [0.29, 0.717) is 0 Å². The fraction of sp³-hybridized carbons (Fsp3) is 0.481. The van der Waals surface area contributed by atoms with E-state index in [9.17, 15) is 44.7 Å². The van der Waals surface area contributed by atoms with Gasteiger partial charge in [-0.2, -0.15) is 0 Å². The molecule has 0 spiro atoms. The van der Waals surface area contributed by atoms with E-state index in [-0.39, 0.29) is 43.6 Å². The first-order valence-corrected chi connectivity index (χ1v) is 12.8. The van der Waals surface area contributed by atoms with Crippen molar-refractivity contribution in [3.8, 4) is 5.75 Å². The van der Waals surface area contributed by atoms with Crippen LogP contribution in [-0.4, -0.2) is 97.9 Å². The zero-order valence-electron chi connectivity index (χ0n) is 22.3. The molecular formula is C27H33N3O10. The molecule has 8 N–H and O–H groups in total. The second kappa shape index (κ2) is 10.3. The second-order valence-electron chi connectivity index (χ2n) is 10.8. The van der Waals surface area contributed by atoms with Gasteiger partial charge < -0.3 is 36.0 Å². The van der Waals surface area contributed by atoms with E-state index in [0.717, 1.165) is 0 Å². The van der Waals surface area contributed by atoms with Gasteiger partial charge in [0.2, 0.25) is 5.78 Å². The SMILES string of the molecule is CN(C)[C@@H]1C(=O)C(C(=O)NCNCCCC(=O)O)=C(O)[C@]2(O)C(=O)C3=C(O)c4c(O)cccc4[C@@](C)(O)[C@H]3C[C@@H]12. The molecule has 0 unspecified atom stereocenters. The number of nitrogens with one attached hydrogen (secondary N) is 2. The normalized spacial score (nSPS) is 29.7. The molecule has 5 atom stereocenters. The third-order valence-corrected chi connectivity index (χ3v) is 8.12. The van der Waals surface area contributed by atoms with Crippen molar-refractivity contribution < 1.29 is 49.8 Å². The third kappa shape index (κ3) is 4.35. The van der Waals surface area contributed by atoms with Crippen LogP contribution in [-0.2, 0) is 24.8 Å². The highest BCUT2D eigenvalue weighted by atomic mass is 16.4. The maximum absolute atomic E-state index is 14.0. The zero-order valence-corrected chi connectivity index (χ0v) is 22.3. The van der Waals surface area contributed by atoms with Gasteiger partial charge in [0.15, 0.2) is 11.4 Å². The number of phenolic OH excluding ortho intramolecular Hbond substituents is 1. The second-order valence-corrected chi connectivity index (χ2v) is 10.8. The molecular weight excluding hydrogens is 526 g/mol. The first-order valence-electron chi connectivity index (χ1n) is 12.8. The van der Waals surface area contributed by atoms with Gasteiger partial charge in [-0.25, -0.2) is 0 Å². The molecule has 13 nitrogen and oxygen atoms in total. The number of fused-ring (bicyclic) bond motifs is 3. The lowest BCUT2D eigenvalue weighted by Gasteiger charge is -2.53. The number of aliphatic carboxylic acids is 1. The van der Waals surface area contributed by atoms with E-state index in [4.69, 9.17) is 5.11 Å². The number of aromatic hydroxyl groups is 1. The molecule has 0 aromatic heterocycles. The average molecular weight is 560 g/mol. The van der Waals surface area contributed by atoms with Crippen LogP contribution in [0.5, 0.6) is 5.75 Å². The molecule has 3 aliphatic carbocycles. The molecule has 0 saturated heterocycles. The Morgan fingerprint density at radius 3 is 2.42 bits per heavy atom. The molecule has 0 aliphatic heterocycles. The van der Waals surface area contributed by atoms with Gasteiger partial charge >= 0.3 is 5.97 Å². The van der Waals surface area contributed by atoms with Gasteiger partial charge in [-0.05, 0) is 52.0 Å². The Kier molecular flexibility index (Phi) is 7.54. The van der Waals surface area contributed by atoms with Crippen LogP contribution in [0.2, 0.25) is 0 Å². The molecule has 1 aromatic carbocycles. The van der Waals surface area contributed by atoms with Crippen molar-refractivity contribution in [2.24, 2.45) is 11.8 Å². The predicted molar refractivity (Wildman–Crippen MR) is 139 cm³/mol. The highest BCUT2D eigenvalue weighted by molar-refractivity contribution is 6.25. The van der Waals surface area contributed by atoms with Crippen molar-refractivity contribution in [1.29, 1.82) is 0 Å². The number of carbonyl (C=O) groups is 4. The number of aliphatic hydroxyl groups is 4. The summed E-state index contributed by atoms with van der Waals surface area (Å²) < 4.78 is 0. The fourth-order valence-electron chi connectivity index (χ4n) is 6.17. The molecule has 216 valence electrons. The Morgan fingerprint density at radius 1 is 1.12 bits per heavy atom. The van der Waals surface area contributed by atoms with E-state index in [1.54, 1.807) is 0 Å². The molecule has 3 aliphatic rings. The van der Waals surface area contributed by atoms with Gasteiger partial charge in [0.25, 0.3) is 5.91 Å². The molecule has 40 heavy (non-hydrogen) atoms. The monoisotopic (exact) mass is 559 g/mol. The highest BCUT2D eigenvalue weighted by Gasteiger charge is 2.66. The van der Waals surface area contributed by atoms with Crippen LogP contribution >= 0.6 is 0 Å². The lowest BCUT2D eigenvalue weighted by molar-refractivity contribution is -0.159. The van der Waals surface area contributed by atoms with Crippen LogP contribution in [0.1, 0.15) is 37.3 Å². The van der Waals surface area contributed by atoms with Crippen LogP contribution in [0.15, 0.2) is 35.1 Å². The lowest BCUT2D eigenvalue weighted by atomic mass is 9.54. The maximum Gasteiger partial charge on any atom is 0.303 e. The van der Waals surface area contributed by atoms with Crippen molar-refractivity contribution in [3.05, 3.63) is 46.2 Å². The van der Waals surface area contributed by atoms with Gasteiger partial charge in [-0.1, -0.05) is 12.1 Å². The third-order valence-electron chi connectivity index (χ3n) is 8.12. The molecule has 13 heteroatoms. The van der Waals surface area contributed by atoms with Crippen LogP contribution in [0, 0.1) is 11.8 Å². The van der Waals surface area contributed by atoms with E-state index in [1.807, 2.05) is 0 Å². The summed E-state index contributed by atoms with van der Waals surface area (Å²) in [5, 5.41) is 70.0. The summed E-state index contributed by atoms with van der Waals surface area (Å²) in [7, 11) is 3.01. The summed E-state index contributed by atoms with van der Waals surface area (Å²) in [6, 6.07) is 2.94. The minimum atomic E-state index is -2.80. The standard InChI is InChI=1S/C27H33N3O10/c1-26(39)12-6-4-7-15(31)17(12)21(34)18-13(26)10-14-20(30(2)3)22(35)19(24(37)27(14,40)23(18)36)25(38)29-11-28-9-5-8-16(32)33/h4,6-7,13-14,20,28,31,34,37,39-40H,5,8-11H2,1-3H3,(H,29,38)(H,32,33)/t13-,14-,20-,26+,27+/m0/s1. The van der Waals surface area contributed by atoms with Crippen molar-refractivity contribution in [1.82, 2.24) is 15.5 Å². The zero-order chi connectivity index (χ0) is 29.7. The fourth-order valence-corrected chi connectivity index (χ4v) is 6.17. The summed E-state index contributed by atoms with van der Waals surface area (Å²) in [6.45, 7) is 1.44. The highest BCUT2D eigenvalue weighted by Crippen LogP contribution is 2.57. The van der Waals surface area contributed by atoms with Crippen molar-refractivity contribution in [2.75, 3.05) is 27.3 Å². The van der Waals surface area contributed by atoms with Crippen molar-refractivity contribution >= 4 is 29.2 Å². The number of Topliss-reactive ketones (excluding diaryl/α,β-unsaturated/α-hetero) is 2. The molecule has 1 aromatic rings. The first kappa shape index (κ1) is 29.2. The van der Waals surface area contributed by atoms with Gasteiger partial charge in [0, 0.05) is 23.8 Å². The Bertz CT molecular complexity index is 1350. The number of nitrogens with zero attached hydrogens (tertiary/aromatic N) is 1. The van der Waals surface area contributed by atoms with Gasteiger partial charge in [-0.3, -0.25) is 29.4 Å². The summed E-state index contributed by atoms with van der Waals surface area (Å²) in [5.74, 6) is -8.78. The molecule has 0 radical (unpaired) electrons. The molecule has 0 heterocycles. The van der Waals surface area contributed by atoms with E-state index < -0.39 is 80.9 Å². The number of rotatable bonds is 8. The smallest absolute Gasteiger partial charge is 0.303 e. The quantitative estimate of drug-likeness (QED) is 0.117. The summed E-state index contributed by atoms with van der Waals surface area (Å²) in [5.41, 5.74) is -5.92. The van der Waals surface area contributed by atoms with E-state index >= 15 is 0 Å². The number of ketones is 2. The average Bonchev–Trinajstić information content (AvgIpc) is 2.86. The number of benzene rings is 1. The van der Waals surface area contributed by atoms with Gasteiger partial charge in [-0.15, -0.1) is 0 Å². The largest absolute Gasteiger partial charge is 0.508 e. The van der Waals surface area contributed by atoms with Crippen LogP contribution in [0.4, 0.5) is 0 Å². The minimum Gasteiger partial charge on any atom is -0.508 e. The van der Waals surface area contributed by atoms with Crippen LogP contribution < -0.4 is 10.6 Å². The number of phenols is 1. The van der Waals surface area contributed by atoms with Crippen molar-refractivity contribution in [3.63, 3.8) is 0 Å². The lowest BCUT2D eigenvalue weighted by Crippen LogP contribution is -2.67. The van der Waals surface area contributed by atoms with Crippen LogP contribution in [0.25, 0.3) is 5.76 Å². The van der Waals surface area contributed by atoms with E-state index in [1.165, 1.54) is 44.1 Å². The summed E-state index contributed by atoms with van der Waals surface area (Å²) in [4.78, 5) is 52.7. The number of carboxylic acid groups (broad SMARTS) is 1. The number of hydrogen-bond donors (Lipinski definition) is 8. The number of likely N-dealkylation sites (N-methyl/N-ethyl adjacent to an activating group) is 1. The summed E-state index contributed by atoms with van der Waals surface area (Å²) >= 11 is 0. The Morgan fingerprint density at radius 2 is 1.80 bits per heavy atom. The predicted octanol–water partition coefficient (Wildman–Crippen LogP) is -0.328. The molecule has 1 amide bonds. The Balaban J connectivity index is 1.77. The number of amides is 1. The topological polar surface area (TPSA) is 217 Å². The molecule has 0 bridgehead atoms. The maximum atomic E-state index is 14.0. The van der Waals surface area contributed by atoms with Crippen molar-refractivity contribution in [2.45, 2.75) is 43.4 Å². The number of hydrogen-bond acceptors (Lipinski definition) is 11. The number of carboxylic acids is 1. The van der Waals surface area contributed by atoms with E-state index in [2.05, 4.69) is 10.6 Å². The molecule has 1 saturated carbocycles. The Hall–Kier alpha value is -3.78. The first-order chi connectivity index (χ1) is 18.7. The van der Waals surface area contributed by atoms with Gasteiger partial charge in [0.1, 0.15) is 22.8 Å². The molecule has 1 fully saturated rings. The summed E-state index contributed by atoms with van der Waals surface area (Å²) in [6.07, 6.45) is -0.0490.